The van der Waals surface area contributed by atoms with Gasteiger partial charge in [-0.05, 0) is 31.2 Å². The van der Waals surface area contributed by atoms with Gasteiger partial charge in [0.2, 0.25) is 0 Å². The fourth-order valence-electron chi connectivity index (χ4n) is 1.72. The summed E-state index contributed by atoms with van der Waals surface area (Å²) in [6, 6.07) is 14.0. The lowest BCUT2D eigenvalue weighted by atomic mass is 10.1. The van der Waals surface area contributed by atoms with Crippen molar-refractivity contribution >= 4 is 0 Å². The van der Waals surface area contributed by atoms with E-state index in [0.717, 1.165) is 5.56 Å². The minimum atomic E-state index is -0.832. The van der Waals surface area contributed by atoms with Crippen molar-refractivity contribution in [3.05, 3.63) is 65.5 Å². The maximum atomic E-state index is 13.6. The molecule has 2 nitrogen and oxygen atoms in total. The second-order valence-corrected chi connectivity index (χ2v) is 4.32. The second kappa shape index (κ2) is 6.74. The van der Waals surface area contributed by atoms with Gasteiger partial charge in [-0.1, -0.05) is 30.0 Å². The molecule has 0 bridgehead atoms. The first kappa shape index (κ1) is 14.1. The van der Waals surface area contributed by atoms with Crippen molar-refractivity contribution in [2.75, 3.05) is 6.61 Å². The molecule has 102 valence electrons. The molecule has 3 heteroatoms. The summed E-state index contributed by atoms with van der Waals surface area (Å²) in [7, 11) is 0. The molecule has 2 aromatic carbocycles. The number of ether oxygens (including phenoxy) is 1. The maximum Gasteiger partial charge on any atom is 0.149 e. The monoisotopic (exact) mass is 270 g/mol. The minimum absolute atomic E-state index is 0.183. The number of aliphatic hydroxyl groups is 1. The van der Waals surface area contributed by atoms with Crippen LogP contribution in [0.3, 0.4) is 0 Å². The third-order valence-electron chi connectivity index (χ3n) is 2.74. The van der Waals surface area contributed by atoms with Crippen LogP contribution in [-0.4, -0.2) is 11.7 Å². The Labute approximate surface area is 117 Å². The third kappa shape index (κ3) is 3.84. The first-order valence-corrected chi connectivity index (χ1v) is 6.31. The van der Waals surface area contributed by atoms with Gasteiger partial charge in [-0.25, -0.2) is 4.39 Å². The highest BCUT2D eigenvalue weighted by Crippen LogP contribution is 2.21. The van der Waals surface area contributed by atoms with E-state index in [2.05, 4.69) is 11.8 Å². The van der Waals surface area contributed by atoms with Gasteiger partial charge < -0.3 is 9.84 Å². The molecule has 1 N–H and O–H groups in total. The standard InChI is InChI=1S/C17H15FO2/c1-13(19)16-10-9-15(12-17(16)18)20-11-5-8-14-6-3-2-4-7-14/h2-4,6-7,9-10,12-13,19H,11H2,1H3. The summed E-state index contributed by atoms with van der Waals surface area (Å²) in [5, 5.41) is 9.33. The molecule has 0 heterocycles. The zero-order chi connectivity index (χ0) is 14.4. The van der Waals surface area contributed by atoms with Crippen LogP contribution in [0.4, 0.5) is 4.39 Å². The van der Waals surface area contributed by atoms with Crippen molar-refractivity contribution in [3.63, 3.8) is 0 Å². The predicted molar refractivity (Wildman–Crippen MR) is 75.8 cm³/mol. The van der Waals surface area contributed by atoms with Crippen molar-refractivity contribution < 1.29 is 14.2 Å². The smallest absolute Gasteiger partial charge is 0.149 e. The Hall–Kier alpha value is -2.31. The van der Waals surface area contributed by atoms with Crippen LogP contribution in [0, 0.1) is 17.7 Å². The van der Waals surface area contributed by atoms with Gasteiger partial charge in [-0.2, -0.15) is 0 Å². The predicted octanol–water partition coefficient (Wildman–Crippen LogP) is 3.31. The molecule has 0 spiro atoms. The molecule has 2 aromatic rings. The third-order valence-corrected chi connectivity index (χ3v) is 2.74. The van der Waals surface area contributed by atoms with Crippen molar-refractivity contribution in [2.45, 2.75) is 13.0 Å². The van der Waals surface area contributed by atoms with Gasteiger partial charge in [0.25, 0.3) is 0 Å². The topological polar surface area (TPSA) is 29.5 Å². The minimum Gasteiger partial charge on any atom is -0.481 e. The van der Waals surface area contributed by atoms with Gasteiger partial charge in [0.1, 0.15) is 18.2 Å². The van der Waals surface area contributed by atoms with Gasteiger partial charge >= 0.3 is 0 Å². The Balaban J connectivity index is 1.95. The quantitative estimate of drug-likeness (QED) is 0.867. The highest BCUT2D eigenvalue weighted by Gasteiger charge is 2.08. The Morgan fingerprint density at radius 3 is 2.60 bits per heavy atom. The zero-order valence-corrected chi connectivity index (χ0v) is 11.1. The molecule has 0 aliphatic heterocycles. The molecule has 0 aliphatic carbocycles. The summed E-state index contributed by atoms with van der Waals surface area (Å²) < 4.78 is 18.9. The van der Waals surface area contributed by atoms with Crippen molar-refractivity contribution in [3.8, 4) is 17.6 Å². The molecule has 0 amide bonds. The average molecular weight is 270 g/mol. The average Bonchev–Trinajstić information content (AvgIpc) is 2.44. The van der Waals surface area contributed by atoms with E-state index in [0.29, 0.717) is 5.75 Å². The van der Waals surface area contributed by atoms with Crippen LogP contribution in [0.15, 0.2) is 48.5 Å². The lowest BCUT2D eigenvalue weighted by Crippen LogP contribution is -1.99. The lowest BCUT2D eigenvalue weighted by molar-refractivity contribution is 0.194. The van der Waals surface area contributed by atoms with E-state index < -0.39 is 11.9 Å². The number of rotatable bonds is 3. The largest absolute Gasteiger partial charge is 0.481 e. The van der Waals surface area contributed by atoms with Crippen molar-refractivity contribution in [1.82, 2.24) is 0 Å². The molecule has 2 rings (SSSR count). The molecule has 0 aromatic heterocycles. The molecule has 1 atom stereocenters. The molecule has 0 radical (unpaired) electrons. The van der Waals surface area contributed by atoms with E-state index in [1.165, 1.54) is 19.1 Å². The van der Waals surface area contributed by atoms with Crippen LogP contribution in [0.2, 0.25) is 0 Å². The molecular formula is C17H15FO2. The van der Waals surface area contributed by atoms with E-state index in [4.69, 9.17) is 4.74 Å². The summed E-state index contributed by atoms with van der Waals surface area (Å²) >= 11 is 0. The van der Waals surface area contributed by atoms with Crippen LogP contribution in [-0.2, 0) is 0 Å². The highest BCUT2D eigenvalue weighted by atomic mass is 19.1. The van der Waals surface area contributed by atoms with Crippen LogP contribution >= 0.6 is 0 Å². The fraction of sp³-hybridized carbons (Fsp3) is 0.176. The Morgan fingerprint density at radius 1 is 1.20 bits per heavy atom. The SMILES string of the molecule is CC(O)c1ccc(OCC#Cc2ccccc2)cc1F. The van der Waals surface area contributed by atoms with Gasteiger partial charge in [-0.3, -0.25) is 0 Å². The van der Waals surface area contributed by atoms with E-state index in [9.17, 15) is 9.50 Å². The summed E-state index contributed by atoms with van der Waals surface area (Å²) in [5.41, 5.74) is 1.17. The van der Waals surface area contributed by atoms with Crippen LogP contribution < -0.4 is 4.74 Å². The second-order valence-electron chi connectivity index (χ2n) is 4.32. The Kier molecular flexibility index (Phi) is 4.75. The van der Waals surface area contributed by atoms with Crippen LogP contribution in [0.25, 0.3) is 0 Å². The first-order chi connectivity index (χ1) is 9.66. The maximum absolute atomic E-state index is 13.6. The van der Waals surface area contributed by atoms with Gasteiger partial charge in [0.15, 0.2) is 0 Å². The highest BCUT2D eigenvalue weighted by molar-refractivity contribution is 5.34. The summed E-state index contributed by atoms with van der Waals surface area (Å²) in [6.45, 7) is 1.70. The number of hydrogen-bond donors (Lipinski definition) is 1. The lowest BCUT2D eigenvalue weighted by Gasteiger charge is -2.08. The normalized spacial score (nSPS) is 11.3. The molecule has 1 unspecified atom stereocenters. The van der Waals surface area contributed by atoms with E-state index in [-0.39, 0.29) is 12.2 Å². The number of aliphatic hydroxyl groups excluding tert-OH is 1. The molecule has 0 fully saturated rings. The molecule has 0 saturated heterocycles. The fourth-order valence-corrected chi connectivity index (χ4v) is 1.72. The number of halogens is 1. The van der Waals surface area contributed by atoms with E-state index in [1.807, 2.05) is 30.3 Å². The van der Waals surface area contributed by atoms with Crippen LogP contribution in [0.1, 0.15) is 24.2 Å². The Morgan fingerprint density at radius 2 is 1.95 bits per heavy atom. The van der Waals surface area contributed by atoms with E-state index in [1.54, 1.807) is 6.07 Å². The molecule has 20 heavy (non-hydrogen) atoms. The molecule has 0 aliphatic rings. The van der Waals surface area contributed by atoms with E-state index >= 15 is 0 Å². The summed E-state index contributed by atoms with van der Waals surface area (Å²) in [6.07, 6.45) is -0.832. The number of hydrogen-bond acceptors (Lipinski definition) is 2. The number of benzene rings is 2. The first-order valence-electron chi connectivity index (χ1n) is 6.31. The van der Waals surface area contributed by atoms with Gasteiger partial charge in [0, 0.05) is 17.2 Å². The molecule has 0 saturated carbocycles. The molecular weight excluding hydrogens is 255 g/mol. The van der Waals surface area contributed by atoms with Crippen molar-refractivity contribution in [2.24, 2.45) is 0 Å². The van der Waals surface area contributed by atoms with Crippen LogP contribution in [0.5, 0.6) is 5.75 Å². The van der Waals surface area contributed by atoms with Gasteiger partial charge in [0.05, 0.1) is 6.10 Å². The van der Waals surface area contributed by atoms with Crippen molar-refractivity contribution in [1.29, 1.82) is 0 Å². The van der Waals surface area contributed by atoms with Gasteiger partial charge in [-0.15, -0.1) is 0 Å². The zero-order valence-electron chi connectivity index (χ0n) is 11.1. The summed E-state index contributed by atoms with van der Waals surface area (Å²) in [5.74, 6) is 5.73. The Bertz CT molecular complexity index is 624. The summed E-state index contributed by atoms with van der Waals surface area (Å²) in [4.78, 5) is 0.